The van der Waals surface area contributed by atoms with Crippen molar-refractivity contribution in [3.63, 3.8) is 0 Å². The van der Waals surface area contributed by atoms with Crippen molar-refractivity contribution in [2.24, 2.45) is 5.92 Å². The van der Waals surface area contributed by atoms with Crippen molar-refractivity contribution in [2.75, 3.05) is 0 Å². The van der Waals surface area contributed by atoms with E-state index in [0.717, 1.165) is 12.0 Å². The number of benzene rings is 2. The number of carbonyl (C=O) groups excluding carboxylic acids is 1. The number of rotatable bonds is 6. The van der Waals surface area contributed by atoms with Crippen LogP contribution in [0.1, 0.15) is 43.1 Å². The molecule has 3 aromatic rings. The molecule has 0 saturated heterocycles. The number of amides is 1. The lowest BCUT2D eigenvalue weighted by Gasteiger charge is -2.33. The first-order valence-corrected chi connectivity index (χ1v) is 9.38. The van der Waals surface area contributed by atoms with Crippen molar-refractivity contribution in [1.82, 2.24) is 10.3 Å². The van der Waals surface area contributed by atoms with E-state index in [1.54, 1.807) is 6.07 Å². The minimum atomic E-state index is -0.971. The van der Waals surface area contributed by atoms with E-state index in [9.17, 15) is 13.6 Å². The molecule has 3 rings (SSSR count). The standard InChI is InChI=1S/C23H24F2N2O/c1-15(2)13-23(3,14-16-8-5-4-6-9-16)27-22(28)18-12-17-10-7-11-19(24)20(17)26-21(18)25/h4-12,15H,13-14H2,1-3H3,(H,27,28). The third kappa shape index (κ3) is 4.53. The van der Waals surface area contributed by atoms with E-state index in [-0.39, 0.29) is 11.1 Å². The Morgan fingerprint density at radius 2 is 1.82 bits per heavy atom. The van der Waals surface area contributed by atoms with E-state index in [4.69, 9.17) is 0 Å². The molecule has 28 heavy (non-hydrogen) atoms. The summed E-state index contributed by atoms with van der Waals surface area (Å²) in [5, 5.41) is 3.39. The summed E-state index contributed by atoms with van der Waals surface area (Å²) >= 11 is 0. The maximum absolute atomic E-state index is 14.5. The molecule has 0 aliphatic rings. The molecule has 1 N–H and O–H groups in total. The lowest BCUT2D eigenvalue weighted by Crippen LogP contribution is -2.48. The summed E-state index contributed by atoms with van der Waals surface area (Å²) < 4.78 is 28.3. The highest BCUT2D eigenvalue weighted by atomic mass is 19.1. The summed E-state index contributed by atoms with van der Waals surface area (Å²) in [6.07, 6.45) is 1.35. The summed E-state index contributed by atoms with van der Waals surface area (Å²) in [7, 11) is 0. The Kier molecular flexibility index (Phi) is 5.73. The average Bonchev–Trinajstić information content (AvgIpc) is 2.61. The normalized spacial score (nSPS) is 13.5. The molecule has 0 bridgehead atoms. The second kappa shape index (κ2) is 8.05. The number of pyridine rings is 1. The van der Waals surface area contributed by atoms with Gasteiger partial charge in [-0.2, -0.15) is 4.39 Å². The van der Waals surface area contributed by atoms with Crippen LogP contribution in [0, 0.1) is 17.7 Å². The van der Waals surface area contributed by atoms with Crippen molar-refractivity contribution in [2.45, 2.75) is 39.2 Å². The van der Waals surface area contributed by atoms with Gasteiger partial charge in [0.25, 0.3) is 5.91 Å². The summed E-state index contributed by atoms with van der Waals surface area (Å²) in [5.74, 6) is -1.79. The molecule has 1 atom stereocenters. The molecule has 3 nitrogen and oxygen atoms in total. The highest BCUT2D eigenvalue weighted by Gasteiger charge is 2.29. The summed E-state index contributed by atoms with van der Waals surface area (Å²) in [6.45, 7) is 6.12. The largest absolute Gasteiger partial charge is 0.346 e. The molecule has 1 unspecified atom stereocenters. The Morgan fingerprint density at radius 3 is 2.50 bits per heavy atom. The van der Waals surface area contributed by atoms with E-state index in [1.807, 2.05) is 37.3 Å². The first-order valence-electron chi connectivity index (χ1n) is 9.38. The van der Waals surface area contributed by atoms with Crippen LogP contribution < -0.4 is 5.32 Å². The van der Waals surface area contributed by atoms with Gasteiger partial charge in [0, 0.05) is 10.9 Å². The SMILES string of the molecule is CC(C)CC(C)(Cc1ccccc1)NC(=O)c1cc2cccc(F)c2nc1F. The van der Waals surface area contributed by atoms with Crippen LogP contribution in [0.15, 0.2) is 54.6 Å². The van der Waals surface area contributed by atoms with Gasteiger partial charge in [0.15, 0.2) is 0 Å². The second-order valence-electron chi connectivity index (χ2n) is 7.91. The molecular weight excluding hydrogens is 358 g/mol. The average molecular weight is 382 g/mol. The molecule has 0 aliphatic carbocycles. The number of para-hydroxylation sites is 1. The monoisotopic (exact) mass is 382 g/mol. The fourth-order valence-electron chi connectivity index (χ4n) is 3.76. The molecule has 0 radical (unpaired) electrons. The highest BCUT2D eigenvalue weighted by molar-refractivity contribution is 5.98. The molecule has 1 heterocycles. The van der Waals surface area contributed by atoms with Crippen molar-refractivity contribution >= 4 is 16.8 Å². The molecule has 0 fully saturated rings. The maximum Gasteiger partial charge on any atom is 0.256 e. The molecule has 0 saturated carbocycles. The maximum atomic E-state index is 14.5. The van der Waals surface area contributed by atoms with Gasteiger partial charge in [-0.3, -0.25) is 4.79 Å². The zero-order valence-electron chi connectivity index (χ0n) is 16.3. The zero-order chi connectivity index (χ0) is 20.3. The quantitative estimate of drug-likeness (QED) is 0.589. The molecule has 0 aliphatic heterocycles. The third-order valence-corrected chi connectivity index (χ3v) is 4.71. The van der Waals surface area contributed by atoms with E-state index >= 15 is 0 Å². The Balaban J connectivity index is 1.91. The Labute approximate surface area is 163 Å². The van der Waals surface area contributed by atoms with Crippen LogP contribution in [-0.4, -0.2) is 16.4 Å². The number of aromatic nitrogens is 1. The van der Waals surface area contributed by atoms with Gasteiger partial charge < -0.3 is 5.32 Å². The van der Waals surface area contributed by atoms with Gasteiger partial charge in [-0.15, -0.1) is 0 Å². The minimum absolute atomic E-state index is 0.0780. The molecule has 1 amide bonds. The summed E-state index contributed by atoms with van der Waals surface area (Å²) in [6, 6.07) is 15.6. The first kappa shape index (κ1) is 19.9. The Bertz CT molecular complexity index is 989. The molecule has 5 heteroatoms. The molecule has 2 aromatic carbocycles. The van der Waals surface area contributed by atoms with Crippen LogP contribution in [0.4, 0.5) is 8.78 Å². The first-order chi connectivity index (χ1) is 13.3. The van der Waals surface area contributed by atoms with Gasteiger partial charge in [-0.05, 0) is 43.4 Å². The number of nitrogens with zero attached hydrogens (tertiary/aromatic N) is 1. The van der Waals surface area contributed by atoms with E-state index in [0.29, 0.717) is 17.7 Å². The van der Waals surface area contributed by atoms with Crippen LogP contribution in [-0.2, 0) is 6.42 Å². The minimum Gasteiger partial charge on any atom is -0.346 e. The van der Waals surface area contributed by atoms with Crippen molar-refractivity contribution in [3.05, 3.63) is 77.5 Å². The van der Waals surface area contributed by atoms with Crippen LogP contribution in [0.5, 0.6) is 0 Å². The van der Waals surface area contributed by atoms with Gasteiger partial charge in [0.05, 0.1) is 5.56 Å². The Morgan fingerprint density at radius 1 is 1.11 bits per heavy atom. The van der Waals surface area contributed by atoms with Gasteiger partial charge in [0.2, 0.25) is 5.95 Å². The zero-order valence-corrected chi connectivity index (χ0v) is 16.3. The summed E-state index contributed by atoms with van der Waals surface area (Å²) in [5.41, 5.74) is 0.271. The van der Waals surface area contributed by atoms with Crippen molar-refractivity contribution < 1.29 is 13.6 Å². The van der Waals surface area contributed by atoms with Crippen molar-refractivity contribution in [3.8, 4) is 0 Å². The van der Waals surface area contributed by atoms with Crippen LogP contribution in [0.25, 0.3) is 10.9 Å². The van der Waals surface area contributed by atoms with Gasteiger partial charge in [-0.25, -0.2) is 9.37 Å². The lowest BCUT2D eigenvalue weighted by atomic mass is 9.84. The lowest BCUT2D eigenvalue weighted by molar-refractivity contribution is 0.0889. The highest BCUT2D eigenvalue weighted by Crippen LogP contribution is 2.24. The summed E-state index contributed by atoms with van der Waals surface area (Å²) in [4.78, 5) is 16.6. The fourth-order valence-corrected chi connectivity index (χ4v) is 3.76. The van der Waals surface area contributed by atoms with Crippen LogP contribution >= 0.6 is 0 Å². The number of hydrogen-bond acceptors (Lipinski definition) is 2. The second-order valence-corrected chi connectivity index (χ2v) is 7.91. The van der Waals surface area contributed by atoms with E-state index < -0.39 is 23.2 Å². The predicted octanol–water partition coefficient (Wildman–Crippen LogP) is 5.29. The molecular formula is C23H24F2N2O. The molecule has 1 aromatic heterocycles. The number of hydrogen-bond donors (Lipinski definition) is 1. The topological polar surface area (TPSA) is 42.0 Å². The predicted molar refractivity (Wildman–Crippen MR) is 107 cm³/mol. The van der Waals surface area contributed by atoms with Crippen molar-refractivity contribution in [1.29, 1.82) is 0 Å². The number of fused-ring (bicyclic) bond motifs is 1. The smallest absolute Gasteiger partial charge is 0.256 e. The Hall–Kier alpha value is -2.82. The number of nitrogens with one attached hydrogen (secondary N) is 1. The van der Waals surface area contributed by atoms with E-state index in [1.165, 1.54) is 18.2 Å². The van der Waals surface area contributed by atoms with Gasteiger partial charge in [0.1, 0.15) is 11.3 Å². The van der Waals surface area contributed by atoms with Crippen LogP contribution in [0.2, 0.25) is 0 Å². The van der Waals surface area contributed by atoms with E-state index in [2.05, 4.69) is 24.1 Å². The van der Waals surface area contributed by atoms with Gasteiger partial charge in [-0.1, -0.05) is 56.3 Å². The third-order valence-electron chi connectivity index (χ3n) is 4.71. The fraction of sp³-hybridized carbons (Fsp3) is 0.304. The molecule has 0 spiro atoms. The van der Waals surface area contributed by atoms with Crippen LogP contribution in [0.3, 0.4) is 0 Å². The van der Waals surface area contributed by atoms with Gasteiger partial charge >= 0.3 is 0 Å². The number of halogens is 2. The number of carbonyl (C=O) groups is 1. The molecule has 146 valence electrons.